The number of rotatable bonds is 4. The molecule has 0 radical (unpaired) electrons. The van der Waals surface area contributed by atoms with Gasteiger partial charge in [-0.3, -0.25) is 0 Å². The maximum absolute atomic E-state index is 10.1. The van der Waals surface area contributed by atoms with E-state index in [2.05, 4.69) is 26.5 Å². The molecule has 0 aliphatic carbocycles. The first-order chi connectivity index (χ1) is 7.83. The zero-order chi connectivity index (χ0) is 11.4. The molecule has 16 heavy (non-hydrogen) atoms. The maximum Gasteiger partial charge on any atom is 0.120 e. The monoisotopic (exact) mass is 236 g/mol. The van der Waals surface area contributed by atoms with E-state index in [1.54, 1.807) is 12.4 Å². The van der Waals surface area contributed by atoms with Crippen LogP contribution < -0.4 is 0 Å². The summed E-state index contributed by atoms with van der Waals surface area (Å²) in [5.74, 6) is 0. The highest BCUT2D eigenvalue weighted by Gasteiger charge is 2.18. The van der Waals surface area contributed by atoms with Crippen LogP contribution in [0.5, 0.6) is 0 Å². The highest BCUT2D eigenvalue weighted by molar-refractivity contribution is 7.05. The molecular weight excluding hydrogens is 224 g/mol. The van der Waals surface area contributed by atoms with E-state index in [1.165, 1.54) is 17.9 Å². The van der Waals surface area contributed by atoms with Gasteiger partial charge in [0.15, 0.2) is 0 Å². The summed E-state index contributed by atoms with van der Waals surface area (Å²) in [6.07, 6.45) is 5.74. The van der Waals surface area contributed by atoms with Crippen molar-refractivity contribution in [3.63, 3.8) is 0 Å². The van der Waals surface area contributed by atoms with Crippen molar-refractivity contribution in [3.8, 4) is 0 Å². The standard InChI is InChI=1S/C10H12N4OS/c1-2-3-8-10(16-14-13-8)9(15)7-4-11-6-12-5-7/h4-6,9,15H,2-3H2,1H3. The van der Waals surface area contributed by atoms with Gasteiger partial charge in [0, 0.05) is 18.0 Å². The quantitative estimate of drug-likeness (QED) is 0.867. The number of hydrogen-bond acceptors (Lipinski definition) is 6. The smallest absolute Gasteiger partial charge is 0.120 e. The predicted octanol–water partition coefficient (Wildman–Crippen LogP) is 1.36. The largest absolute Gasteiger partial charge is 0.383 e. The Morgan fingerprint density at radius 2 is 2.12 bits per heavy atom. The van der Waals surface area contributed by atoms with Crippen LogP contribution in [0.2, 0.25) is 0 Å². The van der Waals surface area contributed by atoms with E-state index in [4.69, 9.17) is 0 Å². The van der Waals surface area contributed by atoms with Crippen LogP contribution in [0.3, 0.4) is 0 Å². The summed E-state index contributed by atoms with van der Waals surface area (Å²) < 4.78 is 3.88. The molecule has 84 valence electrons. The molecule has 0 amide bonds. The van der Waals surface area contributed by atoms with Crippen LogP contribution >= 0.6 is 11.5 Å². The van der Waals surface area contributed by atoms with Gasteiger partial charge >= 0.3 is 0 Å². The van der Waals surface area contributed by atoms with Crippen LogP contribution in [0.15, 0.2) is 18.7 Å². The van der Waals surface area contributed by atoms with Crippen molar-refractivity contribution in [2.75, 3.05) is 0 Å². The van der Waals surface area contributed by atoms with Gasteiger partial charge in [0.05, 0.1) is 10.6 Å². The molecule has 6 heteroatoms. The van der Waals surface area contributed by atoms with Crippen LogP contribution in [-0.4, -0.2) is 24.7 Å². The first-order valence-corrected chi connectivity index (χ1v) is 5.84. The number of nitrogens with zero attached hydrogens (tertiary/aromatic N) is 4. The Balaban J connectivity index is 2.27. The van der Waals surface area contributed by atoms with Crippen LogP contribution in [0.4, 0.5) is 0 Å². The molecule has 2 heterocycles. The van der Waals surface area contributed by atoms with E-state index in [0.717, 1.165) is 23.4 Å². The highest BCUT2D eigenvalue weighted by atomic mass is 32.1. The topological polar surface area (TPSA) is 71.8 Å². The first-order valence-electron chi connectivity index (χ1n) is 5.07. The Morgan fingerprint density at radius 1 is 1.38 bits per heavy atom. The van der Waals surface area contributed by atoms with Crippen molar-refractivity contribution >= 4 is 11.5 Å². The van der Waals surface area contributed by atoms with Crippen LogP contribution in [0, 0.1) is 0 Å². The van der Waals surface area contributed by atoms with Gasteiger partial charge in [-0.25, -0.2) is 9.97 Å². The predicted molar refractivity (Wildman–Crippen MR) is 60.0 cm³/mol. The van der Waals surface area contributed by atoms with Gasteiger partial charge in [-0.05, 0) is 18.0 Å². The number of aliphatic hydroxyl groups excluding tert-OH is 1. The van der Waals surface area contributed by atoms with Gasteiger partial charge in [-0.2, -0.15) is 0 Å². The van der Waals surface area contributed by atoms with Gasteiger partial charge in [0.2, 0.25) is 0 Å². The molecule has 0 fully saturated rings. The lowest BCUT2D eigenvalue weighted by atomic mass is 10.1. The second kappa shape index (κ2) is 5.09. The average Bonchev–Trinajstić information content (AvgIpc) is 2.78. The van der Waals surface area contributed by atoms with Gasteiger partial charge in [-0.15, -0.1) is 5.10 Å². The number of aromatic nitrogens is 4. The minimum Gasteiger partial charge on any atom is -0.383 e. The summed E-state index contributed by atoms with van der Waals surface area (Å²) in [6.45, 7) is 2.07. The molecule has 5 nitrogen and oxygen atoms in total. The molecule has 2 aromatic rings. The molecular formula is C10H12N4OS. The fourth-order valence-corrected chi connectivity index (χ4v) is 2.15. The Labute approximate surface area is 97.4 Å². The van der Waals surface area contributed by atoms with Crippen LogP contribution in [0.25, 0.3) is 0 Å². The van der Waals surface area contributed by atoms with E-state index in [0.29, 0.717) is 5.56 Å². The Kier molecular flexibility index (Phi) is 3.53. The summed E-state index contributed by atoms with van der Waals surface area (Å²) in [4.78, 5) is 8.56. The number of aliphatic hydroxyl groups is 1. The van der Waals surface area contributed by atoms with Crippen molar-refractivity contribution in [1.29, 1.82) is 0 Å². The third-order valence-electron chi connectivity index (χ3n) is 2.22. The zero-order valence-corrected chi connectivity index (χ0v) is 9.68. The van der Waals surface area contributed by atoms with Gasteiger partial charge < -0.3 is 5.11 Å². The van der Waals surface area contributed by atoms with Crippen molar-refractivity contribution in [2.24, 2.45) is 0 Å². The Bertz CT molecular complexity index is 445. The lowest BCUT2D eigenvalue weighted by molar-refractivity contribution is 0.222. The minimum absolute atomic E-state index is 0.672. The third kappa shape index (κ3) is 2.23. The summed E-state index contributed by atoms with van der Waals surface area (Å²) in [5.41, 5.74) is 1.54. The van der Waals surface area contributed by atoms with E-state index in [9.17, 15) is 5.11 Å². The molecule has 0 aliphatic rings. The van der Waals surface area contributed by atoms with E-state index in [-0.39, 0.29) is 0 Å². The second-order valence-electron chi connectivity index (χ2n) is 3.41. The van der Waals surface area contributed by atoms with Gasteiger partial charge in [-0.1, -0.05) is 17.8 Å². The maximum atomic E-state index is 10.1. The number of aryl methyl sites for hydroxylation is 1. The fraction of sp³-hybridized carbons (Fsp3) is 0.400. The minimum atomic E-state index is -0.720. The van der Waals surface area contributed by atoms with Crippen molar-refractivity contribution in [2.45, 2.75) is 25.9 Å². The van der Waals surface area contributed by atoms with E-state index >= 15 is 0 Å². The molecule has 1 atom stereocenters. The van der Waals surface area contributed by atoms with E-state index < -0.39 is 6.10 Å². The molecule has 1 N–H and O–H groups in total. The summed E-state index contributed by atoms with van der Waals surface area (Å²) in [5, 5.41) is 14.2. The summed E-state index contributed by atoms with van der Waals surface area (Å²) in [7, 11) is 0. The second-order valence-corrected chi connectivity index (χ2v) is 4.19. The van der Waals surface area contributed by atoms with Crippen LogP contribution in [-0.2, 0) is 6.42 Å². The molecule has 0 saturated heterocycles. The first kappa shape index (κ1) is 11.1. The molecule has 0 saturated carbocycles. The number of hydrogen-bond donors (Lipinski definition) is 1. The fourth-order valence-electron chi connectivity index (χ4n) is 1.44. The normalized spacial score (nSPS) is 12.6. The SMILES string of the molecule is CCCc1nnsc1C(O)c1cncnc1. The van der Waals surface area contributed by atoms with E-state index in [1.807, 2.05) is 0 Å². The molecule has 0 spiro atoms. The molecule has 2 aromatic heterocycles. The molecule has 0 bridgehead atoms. The Morgan fingerprint density at radius 3 is 2.81 bits per heavy atom. The summed E-state index contributed by atoms with van der Waals surface area (Å²) in [6, 6.07) is 0. The van der Waals surface area contributed by atoms with Crippen molar-refractivity contribution in [1.82, 2.24) is 19.6 Å². The molecule has 1 unspecified atom stereocenters. The van der Waals surface area contributed by atoms with Gasteiger partial charge in [0.1, 0.15) is 12.4 Å². The van der Waals surface area contributed by atoms with Crippen LogP contribution in [0.1, 0.15) is 35.6 Å². The van der Waals surface area contributed by atoms with Crippen molar-refractivity contribution < 1.29 is 5.11 Å². The molecule has 2 rings (SSSR count). The molecule has 0 aliphatic heterocycles. The van der Waals surface area contributed by atoms with Gasteiger partial charge in [0.25, 0.3) is 0 Å². The highest BCUT2D eigenvalue weighted by Crippen LogP contribution is 2.26. The average molecular weight is 236 g/mol. The zero-order valence-electron chi connectivity index (χ0n) is 8.87. The Hall–Kier alpha value is -1.40. The lowest BCUT2D eigenvalue weighted by Crippen LogP contribution is -2.02. The summed E-state index contributed by atoms with van der Waals surface area (Å²) >= 11 is 1.23. The van der Waals surface area contributed by atoms with Crippen molar-refractivity contribution in [3.05, 3.63) is 34.9 Å². The third-order valence-corrected chi connectivity index (χ3v) is 3.04. The lowest BCUT2D eigenvalue weighted by Gasteiger charge is -2.08. The molecule has 0 aromatic carbocycles.